The van der Waals surface area contributed by atoms with Gasteiger partial charge in [-0.3, -0.25) is 0 Å². The maximum atomic E-state index is 11.8. The SMILES string of the molecule is CCNS(=O)(=O)c1ccc2cc([O-])ccc2c1.[Na+]. The first-order chi connectivity index (χ1) is 8.03. The summed E-state index contributed by atoms with van der Waals surface area (Å²) in [5.41, 5.74) is 0. The quantitative estimate of drug-likeness (QED) is 0.672. The van der Waals surface area contributed by atoms with Gasteiger partial charge in [0, 0.05) is 6.54 Å². The smallest absolute Gasteiger partial charge is 0.872 e. The molecule has 90 valence electrons. The van der Waals surface area contributed by atoms with Gasteiger partial charge in [0.15, 0.2) is 0 Å². The van der Waals surface area contributed by atoms with Crippen molar-refractivity contribution < 1.29 is 43.1 Å². The molecule has 0 fully saturated rings. The Kier molecular flexibility index (Phi) is 5.19. The van der Waals surface area contributed by atoms with Crippen molar-refractivity contribution in [2.75, 3.05) is 6.54 Å². The van der Waals surface area contributed by atoms with Gasteiger partial charge in [0.1, 0.15) is 0 Å². The minimum absolute atomic E-state index is 0. The van der Waals surface area contributed by atoms with E-state index in [1.165, 1.54) is 18.2 Å². The molecule has 1 N–H and O–H groups in total. The summed E-state index contributed by atoms with van der Waals surface area (Å²) < 4.78 is 26.0. The van der Waals surface area contributed by atoms with Crippen molar-refractivity contribution in [1.29, 1.82) is 0 Å². The van der Waals surface area contributed by atoms with Gasteiger partial charge in [-0.1, -0.05) is 31.2 Å². The Labute approximate surface area is 128 Å². The van der Waals surface area contributed by atoms with Crippen molar-refractivity contribution in [3.05, 3.63) is 36.4 Å². The Morgan fingerprint density at radius 3 is 2.39 bits per heavy atom. The van der Waals surface area contributed by atoms with Crippen LogP contribution in [0.15, 0.2) is 41.3 Å². The minimum atomic E-state index is -3.44. The molecule has 0 radical (unpaired) electrons. The third kappa shape index (κ3) is 3.24. The third-order valence-corrected chi connectivity index (χ3v) is 3.97. The van der Waals surface area contributed by atoms with E-state index in [9.17, 15) is 13.5 Å². The Morgan fingerprint density at radius 2 is 1.72 bits per heavy atom. The van der Waals surface area contributed by atoms with Crippen molar-refractivity contribution in [1.82, 2.24) is 4.72 Å². The Hall–Kier alpha value is -0.590. The van der Waals surface area contributed by atoms with E-state index in [2.05, 4.69) is 4.72 Å². The van der Waals surface area contributed by atoms with Crippen LogP contribution in [0.3, 0.4) is 0 Å². The molecule has 0 aromatic heterocycles. The predicted molar refractivity (Wildman–Crippen MR) is 64.3 cm³/mol. The fraction of sp³-hybridized carbons (Fsp3) is 0.167. The average Bonchev–Trinajstić information content (AvgIpc) is 2.28. The van der Waals surface area contributed by atoms with E-state index < -0.39 is 10.0 Å². The van der Waals surface area contributed by atoms with Gasteiger partial charge in [-0.05, 0) is 22.9 Å². The largest absolute Gasteiger partial charge is 1.00 e. The van der Waals surface area contributed by atoms with E-state index in [-0.39, 0.29) is 40.2 Å². The third-order valence-electron chi connectivity index (χ3n) is 2.43. The van der Waals surface area contributed by atoms with Gasteiger partial charge in [0.05, 0.1) is 4.90 Å². The van der Waals surface area contributed by atoms with Crippen LogP contribution < -0.4 is 39.4 Å². The van der Waals surface area contributed by atoms with E-state index >= 15 is 0 Å². The zero-order valence-electron chi connectivity index (χ0n) is 10.3. The maximum Gasteiger partial charge on any atom is 1.00 e. The Morgan fingerprint density at radius 1 is 1.11 bits per heavy atom. The van der Waals surface area contributed by atoms with E-state index in [4.69, 9.17) is 0 Å². The molecule has 0 saturated heterocycles. The predicted octanol–water partition coefficient (Wildman–Crippen LogP) is -1.78. The number of hydrogen-bond acceptors (Lipinski definition) is 3. The summed E-state index contributed by atoms with van der Waals surface area (Å²) >= 11 is 0. The van der Waals surface area contributed by atoms with Gasteiger partial charge in [0.2, 0.25) is 10.0 Å². The number of sulfonamides is 1. The van der Waals surface area contributed by atoms with E-state index in [1.54, 1.807) is 25.1 Å². The van der Waals surface area contributed by atoms with Crippen LogP contribution in [0.4, 0.5) is 0 Å². The maximum absolute atomic E-state index is 11.8. The van der Waals surface area contributed by atoms with Crippen molar-refractivity contribution >= 4 is 20.8 Å². The number of fused-ring (bicyclic) bond motifs is 1. The van der Waals surface area contributed by atoms with Gasteiger partial charge in [-0.2, -0.15) is 0 Å². The van der Waals surface area contributed by atoms with Gasteiger partial charge >= 0.3 is 29.6 Å². The van der Waals surface area contributed by atoms with Crippen LogP contribution in [0, 0.1) is 0 Å². The molecule has 0 saturated carbocycles. The Bertz CT molecular complexity index is 655. The summed E-state index contributed by atoms with van der Waals surface area (Å²) in [5.74, 6) is -0.0835. The second-order valence-electron chi connectivity index (χ2n) is 3.67. The fourth-order valence-electron chi connectivity index (χ4n) is 1.64. The fourth-order valence-corrected chi connectivity index (χ4v) is 2.72. The monoisotopic (exact) mass is 273 g/mol. The molecular formula is C12H12NNaO3S. The van der Waals surface area contributed by atoms with Crippen LogP contribution in [0.2, 0.25) is 0 Å². The van der Waals surface area contributed by atoms with E-state index in [1.807, 2.05) is 0 Å². The van der Waals surface area contributed by atoms with Crippen molar-refractivity contribution in [2.45, 2.75) is 11.8 Å². The number of nitrogens with one attached hydrogen (secondary N) is 1. The molecule has 0 bridgehead atoms. The van der Waals surface area contributed by atoms with Crippen LogP contribution in [-0.2, 0) is 10.0 Å². The minimum Gasteiger partial charge on any atom is -0.872 e. The molecule has 6 heteroatoms. The molecule has 0 aliphatic carbocycles. The molecule has 0 unspecified atom stereocenters. The van der Waals surface area contributed by atoms with Crippen LogP contribution in [0.5, 0.6) is 5.75 Å². The topological polar surface area (TPSA) is 69.2 Å². The summed E-state index contributed by atoms with van der Waals surface area (Å²) in [6, 6.07) is 9.24. The normalized spacial score (nSPS) is 11.2. The first-order valence-corrected chi connectivity index (χ1v) is 6.72. The van der Waals surface area contributed by atoms with Crippen molar-refractivity contribution in [3.63, 3.8) is 0 Å². The van der Waals surface area contributed by atoms with Crippen molar-refractivity contribution in [2.24, 2.45) is 0 Å². The molecule has 0 heterocycles. The molecule has 0 aliphatic heterocycles. The van der Waals surface area contributed by atoms with Crippen LogP contribution >= 0.6 is 0 Å². The molecular weight excluding hydrogens is 261 g/mol. The van der Waals surface area contributed by atoms with Crippen molar-refractivity contribution in [3.8, 4) is 5.75 Å². The van der Waals surface area contributed by atoms with E-state index in [0.29, 0.717) is 6.54 Å². The summed E-state index contributed by atoms with van der Waals surface area (Å²) in [5, 5.41) is 12.6. The number of rotatable bonds is 3. The molecule has 0 amide bonds. The summed E-state index contributed by atoms with van der Waals surface area (Å²) in [6.07, 6.45) is 0. The van der Waals surface area contributed by atoms with Gasteiger partial charge in [-0.15, -0.1) is 5.75 Å². The molecule has 0 atom stereocenters. The average molecular weight is 273 g/mol. The van der Waals surface area contributed by atoms with Gasteiger partial charge in [-0.25, -0.2) is 13.1 Å². The molecule has 2 aromatic rings. The second kappa shape index (κ2) is 6.04. The van der Waals surface area contributed by atoms with Crippen LogP contribution in [0.25, 0.3) is 10.8 Å². The number of benzene rings is 2. The standard InChI is InChI=1S/C12H13NO3S.Na/c1-2-13-17(15,16)12-6-4-9-7-11(14)5-3-10(9)8-12;/h3-8,13-14H,2H2,1H3;/q;+1/p-1. The molecule has 4 nitrogen and oxygen atoms in total. The molecule has 0 spiro atoms. The second-order valence-corrected chi connectivity index (χ2v) is 5.44. The first-order valence-electron chi connectivity index (χ1n) is 5.23. The van der Waals surface area contributed by atoms with Gasteiger partial charge < -0.3 is 5.11 Å². The molecule has 2 aromatic carbocycles. The Balaban J connectivity index is 0.00000162. The van der Waals surface area contributed by atoms with E-state index in [0.717, 1.165) is 10.8 Å². The first kappa shape index (κ1) is 15.5. The van der Waals surface area contributed by atoms with Crippen LogP contribution in [-0.4, -0.2) is 15.0 Å². The molecule has 18 heavy (non-hydrogen) atoms. The van der Waals surface area contributed by atoms with Crippen LogP contribution in [0.1, 0.15) is 6.92 Å². The summed E-state index contributed by atoms with van der Waals surface area (Å²) in [4.78, 5) is 0.213. The zero-order valence-corrected chi connectivity index (χ0v) is 13.1. The molecule has 0 aliphatic rings. The summed E-state index contributed by atoms with van der Waals surface area (Å²) in [7, 11) is -3.44. The molecule has 2 rings (SSSR count). The summed E-state index contributed by atoms with van der Waals surface area (Å²) in [6.45, 7) is 2.07. The zero-order chi connectivity index (χ0) is 12.5. The number of hydrogen-bond donors (Lipinski definition) is 1. The van der Waals surface area contributed by atoms with Gasteiger partial charge in [0.25, 0.3) is 0 Å².